The lowest BCUT2D eigenvalue weighted by Crippen LogP contribution is -2.49. The van der Waals surface area contributed by atoms with Crippen LogP contribution in [0.25, 0.3) is 0 Å². The summed E-state index contributed by atoms with van der Waals surface area (Å²) < 4.78 is 0. The van der Waals surface area contributed by atoms with Crippen molar-refractivity contribution in [1.82, 2.24) is 10.6 Å². The van der Waals surface area contributed by atoms with Gasteiger partial charge < -0.3 is 10.6 Å². The topological polar surface area (TPSA) is 41.1 Å². The predicted octanol–water partition coefficient (Wildman–Crippen LogP) is 2.29. The van der Waals surface area contributed by atoms with Crippen molar-refractivity contribution in [2.24, 2.45) is 0 Å². The van der Waals surface area contributed by atoms with E-state index in [-0.39, 0.29) is 18.0 Å². The van der Waals surface area contributed by atoms with Gasteiger partial charge in [-0.2, -0.15) is 11.8 Å². The molecule has 2 unspecified atom stereocenters. The molecule has 0 aliphatic carbocycles. The number of benzene rings is 1. The SMILES string of the molecule is CSc1ccc(C(C)NC(=O)C2CSCCN2)cc1. The molecule has 5 heteroatoms. The minimum absolute atomic E-state index is 0.0494. The summed E-state index contributed by atoms with van der Waals surface area (Å²) in [6.45, 7) is 2.95. The van der Waals surface area contributed by atoms with Crippen LogP contribution in [-0.2, 0) is 4.79 Å². The highest BCUT2D eigenvalue weighted by Crippen LogP contribution is 2.19. The Kier molecular flexibility index (Phi) is 5.60. The number of carbonyl (C=O) groups excluding carboxylic acids is 1. The average molecular weight is 296 g/mol. The summed E-state index contributed by atoms with van der Waals surface area (Å²) in [4.78, 5) is 13.4. The molecule has 1 saturated heterocycles. The number of nitrogens with one attached hydrogen (secondary N) is 2. The molecule has 0 bridgehead atoms. The molecule has 1 aliphatic rings. The van der Waals surface area contributed by atoms with E-state index >= 15 is 0 Å². The Morgan fingerprint density at radius 2 is 2.21 bits per heavy atom. The molecule has 0 spiro atoms. The standard InChI is InChI=1S/C14H20N2OS2/c1-10(11-3-5-12(18-2)6-4-11)16-14(17)13-9-19-8-7-15-13/h3-6,10,13,15H,7-9H2,1-2H3,(H,16,17). The van der Waals surface area contributed by atoms with Crippen LogP contribution in [0.3, 0.4) is 0 Å². The van der Waals surface area contributed by atoms with Gasteiger partial charge in [-0.1, -0.05) is 12.1 Å². The highest BCUT2D eigenvalue weighted by atomic mass is 32.2. The first-order chi connectivity index (χ1) is 9.20. The number of amides is 1. The molecule has 2 rings (SSSR count). The molecule has 104 valence electrons. The van der Waals surface area contributed by atoms with E-state index < -0.39 is 0 Å². The number of hydrogen-bond acceptors (Lipinski definition) is 4. The maximum absolute atomic E-state index is 12.1. The van der Waals surface area contributed by atoms with Crippen molar-refractivity contribution in [2.75, 3.05) is 24.3 Å². The monoisotopic (exact) mass is 296 g/mol. The second-order valence-electron chi connectivity index (χ2n) is 4.59. The van der Waals surface area contributed by atoms with Crippen molar-refractivity contribution >= 4 is 29.4 Å². The van der Waals surface area contributed by atoms with E-state index in [1.54, 1.807) is 11.8 Å². The van der Waals surface area contributed by atoms with Crippen molar-refractivity contribution in [3.8, 4) is 0 Å². The average Bonchev–Trinajstić information content (AvgIpc) is 2.48. The minimum Gasteiger partial charge on any atom is -0.348 e. The fourth-order valence-corrected chi connectivity index (χ4v) is 3.37. The number of thioether (sulfide) groups is 2. The molecule has 1 heterocycles. The van der Waals surface area contributed by atoms with E-state index in [4.69, 9.17) is 0 Å². The number of rotatable bonds is 4. The van der Waals surface area contributed by atoms with Crippen LogP contribution in [0.4, 0.5) is 0 Å². The molecule has 1 aromatic carbocycles. The fourth-order valence-electron chi connectivity index (χ4n) is 2.02. The van der Waals surface area contributed by atoms with Crippen molar-refractivity contribution < 1.29 is 4.79 Å². The predicted molar refractivity (Wildman–Crippen MR) is 83.9 cm³/mol. The molecule has 3 nitrogen and oxygen atoms in total. The smallest absolute Gasteiger partial charge is 0.238 e. The molecular formula is C14H20N2OS2. The van der Waals surface area contributed by atoms with E-state index in [1.807, 2.05) is 18.7 Å². The highest BCUT2D eigenvalue weighted by Gasteiger charge is 2.22. The minimum atomic E-state index is -0.0494. The van der Waals surface area contributed by atoms with Crippen LogP contribution < -0.4 is 10.6 Å². The van der Waals surface area contributed by atoms with Gasteiger partial charge in [0, 0.05) is 22.9 Å². The van der Waals surface area contributed by atoms with E-state index in [1.165, 1.54) is 4.90 Å². The Labute approximate surface area is 123 Å². The molecule has 0 saturated carbocycles. The van der Waals surface area contributed by atoms with Gasteiger partial charge in [0.25, 0.3) is 0 Å². The first-order valence-electron chi connectivity index (χ1n) is 6.46. The van der Waals surface area contributed by atoms with Crippen LogP contribution in [0.5, 0.6) is 0 Å². The Bertz CT molecular complexity index is 416. The molecule has 1 aliphatic heterocycles. The van der Waals surface area contributed by atoms with E-state index in [0.717, 1.165) is 23.6 Å². The molecule has 1 aromatic rings. The van der Waals surface area contributed by atoms with E-state index in [0.29, 0.717) is 0 Å². The van der Waals surface area contributed by atoms with Gasteiger partial charge in [-0.25, -0.2) is 0 Å². The van der Waals surface area contributed by atoms with Crippen LogP contribution in [0.1, 0.15) is 18.5 Å². The summed E-state index contributed by atoms with van der Waals surface area (Å²) in [5.74, 6) is 2.06. The molecular weight excluding hydrogens is 276 g/mol. The lowest BCUT2D eigenvalue weighted by Gasteiger charge is -2.24. The third-order valence-electron chi connectivity index (χ3n) is 3.21. The molecule has 1 fully saturated rings. The quantitative estimate of drug-likeness (QED) is 0.837. The number of hydrogen-bond donors (Lipinski definition) is 2. The van der Waals surface area contributed by atoms with Crippen LogP contribution in [0, 0.1) is 0 Å². The summed E-state index contributed by atoms with van der Waals surface area (Å²) in [5, 5.41) is 6.34. The van der Waals surface area contributed by atoms with Gasteiger partial charge in [0.15, 0.2) is 0 Å². The third-order valence-corrected chi connectivity index (χ3v) is 5.02. The molecule has 2 atom stereocenters. The van der Waals surface area contributed by atoms with Crippen LogP contribution >= 0.6 is 23.5 Å². The summed E-state index contributed by atoms with van der Waals surface area (Å²) in [5.41, 5.74) is 1.15. The summed E-state index contributed by atoms with van der Waals surface area (Å²) >= 11 is 3.56. The molecule has 0 aromatic heterocycles. The first kappa shape index (κ1) is 14.8. The zero-order valence-electron chi connectivity index (χ0n) is 11.3. The van der Waals surface area contributed by atoms with Crippen LogP contribution in [0.2, 0.25) is 0 Å². The number of carbonyl (C=O) groups is 1. The summed E-state index contributed by atoms with van der Waals surface area (Å²) in [7, 11) is 0. The van der Waals surface area contributed by atoms with Gasteiger partial charge in [0.05, 0.1) is 12.1 Å². The Hall–Kier alpha value is -0.650. The van der Waals surface area contributed by atoms with Crippen molar-refractivity contribution in [3.63, 3.8) is 0 Å². The Balaban J connectivity index is 1.91. The normalized spacial score (nSPS) is 20.8. The molecule has 0 radical (unpaired) electrons. The maximum Gasteiger partial charge on any atom is 0.238 e. The van der Waals surface area contributed by atoms with Crippen molar-refractivity contribution in [2.45, 2.75) is 23.9 Å². The van der Waals surface area contributed by atoms with Gasteiger partial charge in [-0.3, -0.25) is 4.79 Å². The van der Waals surface area contributed by atoms with Gasteiger partial charge in [-0.05, 0) is 30.9 Å². The zero-order chi connectivity index (χ0) is 13.7. The van der Waals surface area contributed by atoms with Crippen LogP contribution in [-0.4, -0.2) is 36.3 Å². The van der Waals surface area contributed by atoms with E-state index in [2.05, 4.69) is 41.2 Å². The van der Waals surface area contributed by atoms with Gasteiger partial charge in [-0.15, -0.1) is 11.8 Å². The van der Waals surface area contributed by atoms with Crippen LogP contribution in [0.15, 0.2) is 29.2 Å². The van der Waals surface area contributed by atoms with Crippen molar-refractivity contribution in [3.05, 3.63) is 29.8 Å². The molecule has 2 N–H and O–H groups in total. The first-order valence-corrected chi connectivity index (χ1v) is 8.84. The van der Waals surface area contributed by atoms with Gasteiger partial charge in [0.2, 0.25) is 5.91 Å². The van der Waals surface area contributed by atoms with Gasteiger partial charge in [0.1, 0.15) is 0 Å². The fraction of sp³-hybridized carbons (Fsp3) is 0.500. The summed E-state index contributed by atoms with van der Waals surface area (Å²) in [6, 6.07) is 8.36. The Morgan fingerprint density at radius 1 is 1.47 bits per heavy atom. The highest BCUT2D eigenvalue weighted by molar-refractivity contribution is 7.99. The van der Waals surface area contributed by atoms with E-state index in [9.17, 15) is 4.79 Å². The molecule has 1 amide bonds. The maximum atomic E-state index is 12.1. The zero-order valence-corrected chi connectivity index (χ0v) is 12.9. The lowest BCUT2D eigenvalue weighted by molar-refractivity contribution is -0.123. The van der Waals surface area contributed by atoms with Crippen molar-refractivity contribution in [1.29, 1.82) is 0 Å². The molecule has 19 heavy (non-hydrogen) atoms. The van der Waals surface area contributed by atoms with Gasteiger partial charge >= 0.3 is 0 Å². The lowest BCUT2D eigenvalue weighted by atomic mass is 10.1. The second kappa shape index (κ2) is 7.22. The summed E-state index contributed by atoms with van der Waals surface area (Å²) in [6.07, 6.45) is 2.06. The third kappa shape index (κ3) is 4.16. The second-order valence-corrected chi connectivity index (χ2v) is 6.61. The largest absolute Gasteiger partial charge is 0.348 e. The Morgan fingerprint density at radius 3 is 2.79 bits per heavy atom.